The van der Waals surface area contributed by atoms with Gasteiger partial charge in [-0.15, -0.1) is 0 Å². The average Bonchev–Trinajstić information content (AvgIpc) is 2.78. The van der Waals surface area contributed by atoms with E-state index in [1.54, 1.807) is 0 Å². The summed E-state index contributed by atoms with van der Waals surface area (Å²) in [5.41, 5.74) is 1.15. The molecule has 1 N–H and O–H groups in total. The summed E-state index contributed by atoms with van der Waals surface area (Å²) in [6, 6.07) is 2.47. The Labute approximate surface area is 99.8 Å². The number of hydrogen-bond acceptors (Lipinski definition) is 4. The molecule has 1 aliphatic heterocycles. The Hall–Kier alpha value is -1.62. The molecule has 0 aliphatic carbocycles. The molecule has 0 bridgehead atoms. The van der Waals surface area contributed by atoms with Crippen molar-refractivity contribution >= 4 is 16.7 Å². The molecule has 5 heteroatoms. The average molecular weight is 232 g/mol. The van der Waals surface area contributed by atoms with Crippen LogP contribution in [0.5, 0.6) is 0 Å². The van der Waals surface area contributed by atoms with Crippen molar-refractivity contribution in [3.8, 4) is 0 Å². The van der Waals surface area contributed by atoms with Gasteiger partial charge < -0.3 is 10.1 Å². The van der Waals surface area contributed by atoms with Crippen LogP contribution in [-0.4, -0.2) is 35.0 Å². The summed E-state index contributed by atoms with van der Waals surface area (Å²) in [5.74, 6) is 0.902. The van der Waals surface area contributed by atoms with Crippen molar-refractivity contribution in [1.82, 2.24) is 14.8 Å². The van der Waals surface area contributed by atoms with E-state index in [4.69, 9.17) is 4.74 Å². The van der Waals surface area contributed by atoms with Crippen molar-refractivity contribution in [3.05, 3.63) is 18.5 Å². The third-order valence-electron chi connectivity index (χ3n) is 3.28. The maximum Gasteiger partial charge on any atom is 0.157 e. The number of rotatable bonds is 2. The van der Waals surface area contributed by atoms with Crippen molar-refractivity contribution in [2.45, 2.75) is 18.9 Å². The molecule has 0 aromatic carbocycles. The largest absolute Gasteiger partial charge is 0.381 e. The van der Waals surface area contributed by atoms with E-state index in [1.165, 1.54) is 0 Å². The number of aromatic nitrogens is 3. The second-order valence-electron chi connectivity index (χ2n) is 4.28. The predicted octanol–water partition coefficient (Wildman–Crippen LogP) is 1.82. The van der Waals surface area contributed by atoms with E-state index in [1.807, 2.05) is 25.5 Å². The SMILES string of the molecule is CNc1nn(C2CCOCC2)c2ccncc12. The lowest BCUT2D eigenvalue weighted by Gasteiger charge is -2.22. The van der Waals surface area contributed by atoms with Gasteiger partial charge in [-0.05, 0) is 18.9 Å². The van der Waals surface area contributed by atoms with Crippen molar-refractivity contribution in [3.63, 3.8) is 0 Å². The fourth-order valence-corrected chi connectivity index (χ4v) is 2.38. The Morgan fingerprint density at radius 2 is 2.24 bits per heavy atom. The first-order valence-electron chi connectivity index (χ1n) is 5.98. The summed E-state index contributed by atoms with van der Waals surface area (Å²) in [6.07, 6.45) is 5.74. The molecule has 3 heterocycles. The maximum atomic E-state index is 5.40. The predicted molar refractivity (Wildman–Crippen MR) is 66.2 cm³/mol. The topological polar surface area (TPSA) is 52.0 Å². The molecule has 90 valence electrons. The van der Waals surface area contributed by atoms with Crippen molar-refractivity contribution in [2.24, 2.45) is 0 Å². The Morgan fingerprint density at radius 3 is 3.00 bits per heavy atom. The second kappa shape index (κ2) is 4.33. The minimum absolute atomic E-state index is 0.441. The molecule has 17 heavy (non-hydrogen) atoms. The van der Waals surface area contributed by atoms with Crippen LogP contribution in [0.25, 0.3) is 10.9 Å². The molecule has 0 unspecified atom stereocenters. The van der Waals surface area contributed by atoms with Crippen LogP contribution in [-0.2, 0) is 4.74 Å². The molecule has 0 saturated carbocycles. The van der Waals surface area contributed by atoms with E-state index in [0.29, 0.717) is 6.04 Å². The van der Waals surface area contributed by atoms with E-state index < -0.39 is 0 Å². The Kier molecular flexibility index (Phi) is 2.68. The summed E-state index contributed by atoms with van der Waals surface area (Å²) < 4.78 is 7.51. The molecule has 0 amide bonds. The fraction of sp³-hybridized carbons (Fsp3) is 0.500. The molecular formula is C12H16N4O. The van der Waals surface area contributed by atoms with Gasteiger partial charge in [0.15, 0.2) is 5.82 Å². The van der Waals surface area contributed by atoms with Gasteiger partial charge in [-0.1, -0.05) is 0 Å². The van der Waals surface area contributed by atoms with Gasteiger partial charge in [-0.25, -0.2) is 0 Å². The molecule has 3 rings (SSSR count). The van der Waals surface area contributed by atoms with Crippen LogP contribution in [0, 0.1) is 0 Å². The highest BCUT2D eigenvalue weighted by Crippen LogP contribution is 2.28. The smallest absolute Gasteiger partial charge is 0.157 e. The first kappa shape index (κ1) is 10.5. The van der Waals surface area contributed by atoms with Gasteiger partial charge in [0.1, 0.15) is 0 Å². The van der Waals surface area contributed by atoms with Gasteiger partial charge in [0, 0.05) is 32.7 Å². The molecule has 0 spiro atoms. The summed E-state index contributed by atoms with van der Waals surface area (Å²) >= 11 is 0. The van der Waals surface area contributed by atoms with Gasteiger partial charge in [-0.3, -0.25) is 9.67 Å². The Bertz CT molecular complexity index is 516. The minimum Gasteiger partial charge on any atom is -0.381 e. The monoisotopic (exact) mass is 232 g/mol. The highest BCUT2D eigenvalue weighted by atomic mass is 16.5. The molecule has 0 radical (unpaired) electrons. The standard InChI is InChI=1S/C12H16N4O/c1-13-12-10-8-14-5-2-11(10)16(15-12)9-3-6-17-7-4-9/h2,5,8-9H,3-4,6-7H2,1H3,(H,13,15). The van der Waals surface area contributed by atoms with Crippen molar-refractivity contribution in [2.75, 3.05) is 25.6 Å². The normalized spacial score (nSPS) is 17.5. The van der Waals surface area contributed by atoms with Crippen LogP contribution < -0.4 is 5.32 Å². The molecule has 5 nitrogen and oxygen atoms in total. The lowest BCUT2D eigenvalue weighted by atomic mass is 10.1. The lowest BCUT2D eigenvalue weighted by molar-refractivity contribution is 0.0675. The van der Waals surface area contributed by atoms with E-state index in [9.17, 15) is 0 Å². The van der Waals surface area contributed by atoms with Crippen LogP contribution in [0.1, 0.15) is 18.9 Å². The molecular weight excluding hydrogens is 216 g/mol. The summed E-state index contributed by atoms with van der Waals surface area (Å²) in [5, 5.41) is 8.85. The highest BCUT2D eigenvalue weighted by molar-refractivity contribution is 5.89. The van der Waals surface area contributed by atoms with Crippen molar-refractivity contribution < 1.29 is 4.74 Å². The van der Waals surface area contributed by atoms with Crippen LogP contribution in [0.2, 0.25) is 0 Å². The third-order valence-corrected chi connectivity index (χ3v) is 3.28. The third kappa shape index (κ3) is 1.76. The number of pyridine rings is 1. The van der Waals surface area contributed by atoms with Crippen LogP contribution in [0.15, 0.2) is 18.5 Å². The lowest BCUT2D eigenvalue weighted by Crippen LogP contribution is -2.20. The number of anilines is 1. The Balaban J connectivity index is 2.08. The molecule has 0 atom stereocenters. The summed E-state index contributed by atoms with van der Waals surface area (Å²) in [6.45, 7) is 1.65. The van der Waals surface area contributed by atoms with Gasteiger partial charge in [-0.2, -0.15) is 5.10 Å². The van der Waals surface area contributed by atoms with E-state index in [2.05, 4.69) is 20.1 Å². The Morgan fingerprint density at radius 1 is 1.41 bits per heavy atom. The van der Waals surface area contributed by atoms with E-state index in [-0.39, 0.29) is 0 Å². The van der Waals surface area contributed by atoms with Gasteiger partial charge in [0.2, 0.25) is 0 Å². The van der Waals surface area contributed by atoms with Crippen LogP contribution in [0.4, 0.5) is 5.82 Å². The molecule has 2 aromatic rings. The number of nitrogens with one attached hydrogen (secondary N) is 1. The first-order valence-corrected chi connectivity index (χ1v) is 5.98. The van der Waals surface area contributed by atoms with Crippen LogP contribution in [0.3, 0.4) is 0 Å². The zero-order valence-corrected chi connectivity index (χ0v) is 9.89. The molecule has 1 fully saturated rings. The maximum absolute atomic E-state index is 5.40. The van der Waals surface area contributed by atoms with Crippen LogP contribution >= 0.6 is 0 Å². The zero-order valence-electron chi connectivity index (χ0n) is 9.89. The number of hydrogen-bond donors (Lipinski definition) is 1. The number of nitrogens with zero attached hydrogens (tertiary/aromatic N) is 3. The summed E-state index contributed by atoms with van der Waals surface area (Å²) in [4.78, 5) is 4.16. The first-order chi connectivity index (χ1) is 8.40. The zero-order chi connectivity index (χ0) is 11.7. The molecule has 1 saturated heterocycles. The van der Waals surface area contributed by atoms with E-state index >= 15 is 0 Å². The molecule has 1 aliphatic rings. The summed E-state index contributed by atoms with van der Waals surface area (Å²) in [7, 11) is 1.89. The van der Waals surface area contributed by atoms with Gasteiger partial charge in [0.25, 0.3) is 0 Å². The number of fused-ring (bicyclic) bond motifs is 1. The number of ether oxygens (including phenoxy) is 1. The molecule has 2 aromatic heterocycles. The van der Waals surface area contributed by atoms with Gasteiger partial charge in [0.05, 0.1) is 16.9 Å². The minimum atomic E-state index is 0.441. The fourth-order valence-electron chi connectivity index (χ4n) is 2.38. The van der Waals surface area contributed by atoms with E-state index in [0.717, 1.165) is 42.8 Å². The van der Waals surface area contributed by atoms with Gasteiger partial charge >= 0.3 is 0 Å². The quantitative estimate of drug-likeness (QED) is 0.858. The van der Waals surface area contributed by atoms with Crippen molar-refractivity contribution in [1.29, 1.82) is 0 Å². The second-order valence-corrected chi connectivity index (χ2v) is 4.28. The highest BCUT2D eigenvalue weighted by Gasteiger charge is 2.20.